The Morgan fingerprint density at radius 3 is 3.10 bits per heavy atom. The molecule has 0 saturated carbocycles. The highest BCUT2D eigenvalue weighted by Gasteiger charge is 2.28. The van der Waals surface area contributed by atoms with Gasteiger partial charge in [0, 0.05) is 24.5 Å². The van der Waals surface area contributed by atoms with Crippen molar-refractivity contribution in [1.82, 2.24) is 4.90 Å². The van der Waals surface area contributed by atoms with Gasteiger partial charge in [-0.25, -0.2) is 0 Å². The Morgan fingerprint density at radius 2 is 2.38 bits per heavy atom. The minimum atomic E-state index is -0.469. The van der Waals surface area contributed by atoms with Crippen LogP contribution in [0.3, 0.4) is 0 Å². The number of morpholine rings is 1. The maximum Gasteiger partial charge on any atom is 0.241 e. The lowest BCUT2D eigenvalue weighted by Crippen LogP contribution is -2.50. The van der Waals surface area contributed by atoms with E-state index >= 15 is 0 Å². The van der Waals surface area contributed by atoms with E-state index in [1.807, 2.05) is 24.8 Å². The van der Waals surface area contributed by atoms with E-state index in [1.54, 1.807) is 12.1 Å². The second-order valence-corrected chi connectivity index (χ2v) is 5.22. The lowest BCUT2D eigenvalue weighted by molar-refractivity contribution is -0.123. The number of nitrogen functional groups attached to an aromatic ring is 1. The van der Waals surface area contributed by atoms with Crippen molar-refractivity contribution < 1.29 is 9.53 Å². The SMILES string of the molecule is Cc1ccc(N)cc1NC(=O)C(C)N1CCOC(C#N)C1. The molecule has 1 heterocycles. The number of nitrogens with two attached hydrogens (primary N) is 1. The van der Waals surface area contributed by atoms with Crippen molar-refractivity contribution in [2.75, 3.05) is 30.7 Å². The molecule has 2 atom stereocenters. The quantitative estimate of drug-likeness (QED) is 0.813. The number of hydrogen-bond donors (Lipinski definition) is 2. The Balaban J connectivity index is 2.02. The fourth-order valence-corrected chi connectivity index (χ4v) is 2.28. The topological polar surface area (TPSA) is 91.4 Å². The van der Waals surface area contributed by atoms with Crippen LogP contribution in [0.2, 0.25) is 0 Å². The van der Waals surface area contributed by atoms with Crippen LogP contribution in [-0.2, 0) is 9.53 Å². The first-order valence-corrected chi connectivity index (χ1v) is 6.93. The van der Waals surface area contributed by atoms with Gasteiger partial charge in [-0.05, 0) is 31.5 Å². The molecule has 6 heteroatoms. The number of carbonyl (C=O) groups is 1. The molecule has 1 aromatic rings. The zero-order valence-electron chi connectivity index (χ0n) is 12.3. The largest absolute Gasteiger partial charge is 0.399 e. The van der Waals surface area contributed by atoms with Crippen LogP contribution in [0, 0.1) is 18.3 Å². The lowest BCUT2D eigenvalue weighted by Gasteiger charge is -2.33. The normalized spacial score (nSPS) is 20.5. The van der Waals surface area contributed by atoms with E-state index in [0.717, 1.165) is 11.3 Å². The van der Waals surface area contributed by atoms with Crippen molar-refractivity contribution in [3.8, 4) is 6.07 Å². The zero-order valence-corrected chi connectivity index (χ0v) is 12.3. The summed E-state index contributed by atoms with van der Waals surface area (Å²) in [5.41, 5.74) is 8.03. The molecule has 0 radical (unpaired) electrons. The summed E-state index contributed by atoms with van der Waals surface area (Å²) >= 11 is 0. The van der Waals surface area contributed by atoms with Crippen molar-refractivity contribution in [3.63, 3.8) is 0 Å². The molecule has 112 valence electrons. The standard InChI is InChI=1S/C15H20N4O2/c1-10-3-4-12(17)7-14(10)18-15(20)11(2)19-5-6-21-13(8-16)9-19/h3-4,7,11,13H,5-6,9,17H2,1-2H3,(H,18,20). The molecular formula is C15H20N4O2. The second kappa shape index (κ2) is 6.57. The van der Waals surface area contributed by atoms with Gasteiger partial charge < -0.3 is 15.8 Å². The number of rotatable bonds is 3. The number of anilines is 2. The van der Waals surface area contributed by atoms with Crippen LogP contribution in [-0.4, -0.2) is 42.6 Å². The maximum atomic E-state index is 12.4. The van der Waals surface area contributed by atoms with Crippen molar-refractivity contribution in [2.45, 2.75) is 26.0 Å². The van der Waals surface area contributed by atoms with Crippen LogP contribution in [0.4, 0.5) is 11.4 Å². The Kier molecular flexibility index (Phi) is 4.78. The van der Waals surface area contributed by atoms with Gasteiger partial charge in [0.2, 0.25) is 5.91 Å². The summed E-state index contributed by atoms with van der Waals surface area (Å²) in [4.78, 5) is 14.3. The van der Waals surface area contributed by atoms with Gasteiger partial charge in [0.1, 0.15) is 0 Å². The van der Waals surface area contributed by atoms with E-state index in [9.17, 15) is 4.79 Å². The summed E-state index contributed by atoms with van der Waals surface area (Å²) in [5, 5.41) is 11.8. The third-order valence-electron chi connectivity index (χ3n) is 3.69. The highest BCUT2D eigenvalue weighted by molar-refractivity contribution is 5.95. The van der Waals surface area contributed by atoms with Crippen molar-refractivity contribution in [1.29, 1.82) is 5.26 Å². The first-order valence-electron chi connectivity index (χ1n) is 6.93. The van der Waals surface area contributed by atoms with E-state index < -0.39 is 6.10 Å². The van der Waals surface area contributed by atoms with Gasteiger partial charge in [0.05, 0.1) is 18.7 Å². The third-order valence-corrected chi connectivity index (χ3v) is 3.69. The van der Waals surface area contributed by atoms with Gasteiger partial charge >= 0.3 is 0 Å². The number of aryl methyl sites for hydroxylation is 1. The molecule has 6 nitrogen and oxygen atoms in total. The number of nitrogens with one attached hydrogen (secondary N) is 1. The van der Waals surface area contributed by atoms with E-state index in [1.165, 1.54) is 0 Å². The number of nitrogens with zero attached hydrogens (tertiary/aromatic N) is 2. The molecule has 1 aliphatic heterocycles. The van der Waals surface area contributed by atoms with Crippen molar-refractivity contribution >= 4 is 17.3 Å². The smallest absolute Gasteiger partial charge is 0.241 e. The molecule has 1 aliphatic rings. The molecule has 0 spiro atoms. The molecule has 1 aromatic carbocycles. The van der Waals surface area contributed by atoms with Gasteiger partial charge in [-0.3, -0.25) is 9.69 Å². The number of carbonyl (C=O) groups excluding carboxylic acids is 1. The first kappa shape index (κ1) is 15.3. The Bertz CT molecular complexity index is 567. The first-order chi connectivity index (χ1) is 10.0. The average Bonchev–Trinajstić information content (AvgIpc) is 2.50. The molecule has 2 unspecified atom stereocenters. The maximum absolute atomic E-state index is 12.4. The van der Waals surface area contributed by atoms with Gasteiger partial charge in [0.15, 0.2) is 6.10 Å². The zero-order chi connectivity index (χ0) is 15.4. The summed E-state index contributed by atoms with van der Waals surface area (Å²) in [7, 11) is 0. The molecule has 0 aliphatic carbocycles. The second-order valence-electron chi connectivity index (χ2n) is 5.22. The molecule has 21 heavy (non-hydrogen) atoms. The molecule has 2 rings (SSSR count). The highest BCUT2D eigenvalue weighted by atomic mass is 16.5. The van der Waals surface area contributed by atoms with Crippen LogP contribution in [0.15, 0.2) is 18.2 Å². The molecule has 3 N–H and O–H groups in total. The van der Waals surface area contributed by atoms with E-state index in [4.69, 9.17) is 15.7 Å². The molecule has 1 amide bonds. The Labute approximate surface area is 124 Å². The number of amides is 1. The minimum Gasteiger partial charge on any atom is -0.399 e. The summed E-state index contributed by atoms with van der Waals surface area (Å²) < 4.78 is 5.29. The van der Waals surface area contributed by atoms with Crippen LogP contribution < -0.4 is 11.1 Å². The summed E-state index contributed by atoms with van der Waals surface area (Å²) in [6.45, 7) is 5.30. The van der Waals surface area contributed by atoms with Gasteiger partial charge in [-0.15, -0.1) is 0 Å². The molecule has 1 fully saturated rings. The fraction of sp³-hybridized carbons (Fsp3) is 0.467. The Hall–Kier alpha value is -2.10. The summed E-state index contributed by atoms with van der Waals surface area (Å²) in [6, 6.07) is 7.17. The van der Waals surface area contributed by atoms with Gasteiger partial charge in [0.25, 0.3) is 0 Å². The third kappa shape index (κ3) is 3.72. The molecular weight excluding hydrogens is 268 g/mol. The fourth-order valence-electron chi connectivity index (χ4n) is 2.28. The highest BCUT2D eigenvalue weighted by Crippen LogP contribution is 2.19. The monoisotopic (exact) mass is 288 g/mol. The van der Waals surface area contributed by atoms with Crippen molar-refractivity contribution in [2.24, 2.45) is 0 Å². The molecule has 1 saturated heterocycles. The van der Waals surface area contributed by atoms with E-state index in [0.29, 0.717) is 25.4 Å². The van der Waals surface area contributed by atoms with Crippen LogP contribution in [0.25, 0.3) is 0 Å². The van der Waals surface area contributed by atoms with Crippen LogP contribution in [0.1, 0.15) is 12.5 Å². The van der Waals surface area contributed by atoms with Crippen molar-refractivity contribution in [3.05, 3.63) is 23.8 Å². The minimum absolute atomic E-state index is 0.109. The van der Waals surface area contributed by atoms with Gasteiger partial charge in [-0.1, -0.05) is 6.07 Å². The summed E-state index contributed by atoms with van der Waals surface area (Å²) in [5.74, 6) is -0.109. The number of ether oxygens (including phenoxy) is 1. The van der Waals surface area contributed by atoms with E-state index in [2.05, 4.69) is 11.4 Å². The average molecular weight is 288 g/mol. The van der Waals surface area contributed by atoms with Gasteiger partial charge in [-0.2, -0.15) is 5.26 Å². The number of nitriles is 1. The number of hydrogen-bond acceptors (Lipinski definition) is 5. The Morgan fingerprint density at radius 1 is 1.62 bits per heavy atom. The molecule has 0 bridgehead atoms. The predicted octanol–water partition coefficient (Wildman–Crippen LogP) is 1.13. The van der Waals surface area contributed by atoms with E-state index in [-0.39, 0.29) is 11.9 Å². The van der Waals surface area contributed by atoms with Crippen LogP contribution >= 0.6 is 0 Å². The number of benzene rings is 1. The molecule has 0 aromatic heterocycles. The summed E-state index contributed by atoms with van der Waals surface area (Å²) in [6.07, 6.45) is -0.469. The lowest BCUT2D eigenvalue weighted by atomic mass is 10.1. The predicted molar refractivity (Wildman–Crippen MR) is 80.6 cm³/mol. The van der Waals surface area contributed by atoms with Crippen LogP contribution in [0.5, 0.6) is 0 Å².